The van der Waals surface area contributed by atoms with Crippen LogP contribution in [0, 0.1) is 17.1 Å². The second kappa shape index (κ2) is 6.04. The Morgan fingerprint density at radius 2 is 2.00 bits per heavy atom. The summed E-state index contributed by atoms with van der Waals surface area (Å²) in [7, 11) is 0. The summed E-state index contributed by atoms with van der Waals surface area (Å²) >= 11 is 0. The first-order chi connectivity index (χ1) is 12.2. The monoisotopic (exact) mass is 333 g/mol. The van der Waals surface area contributed by atoms with Gasteiger partial charge in [-0.15, -0.1) is 0 Å². The quantitative estimate of drug-likeness (QED) is 0.629. The molecule has 1 aliphatic rings. The smallest absolute Gasteiger partial charge is 0.163 e. The van der Waals surface area contributed by atoms with Gasteiger partial charge in [0.15, 0.2) is 5.82 Å². The van der Waals surface area contributed by atoms with Gasteiger partial charge >= 0.3 is 0 Å². The molecule has 0 unspecified atom stereocenters. The molecule has 0 saturated carbocycles. The number of hydrogen-bond acceptors (Lipinski definition) is 4. The second-order valence-corrected chi connectivity index (χ2v) is 6.08. The fourth-order valence-corrected chi connectivity index (χ4v) is 3.21. The zero-order chi connectivity index (χ0) is 17.4. The van der Waals surface area contributed by atoms with Crippen molar-refractivity contribution in [3.63, 3.8) is 0 Å². The number of aromatic amines is 1. The van der Waals surface area contributed by atoms with Crippen molar-refractivity contribution in [1.29, 1.82) is 5.26 Å². The third-order valence-electron chi connectivity index (χ3n) is 4.50. The first-order valence-corrected chi connectivity index (χ1v) is 8.04. The molecule has 5 nitrogen and oxygen atoms in total. The number of nitrogens with two attached hydrogens (primary N) is 1. The van der Waals surface area contributed by atoms with E-state index >= 15 is 0 Å². The van der Waals surface area contributed by atoms with Crippen molar-refractivity contribution >= 4 is 5.69 Å². The van der Waals surface area contributed by atoms with Crippen LogP contribution >= 0.6 is 0 Å². The first kappa shape index (κ1) is 15.4. The number of benzene rings is 2. The number of hydrogen-bond donors (Lipinski definition) is 3. The fraction of sp³-hybridized carbons (Fsp3) is 0.158. The maximum atomic E-state index is 13.8. The maximum absolute atomic E-state index is 13.8. The highest BCUT2D eigenvalue weighted by Gasteiger charge is 2.18. The van der Waals surface area contributed by atoms with Gasteiger partial charge in [0.2, 0.25) is 0 Å². The molecule has 0 atom stereocenters. The Hall–Kier alpha value is -3.17. The lowest BCUT2D eigenvalue weighted by atomic mass is 9.97. The molecule has 0 spiro atoms. The molecule has 0 bridgehead atoms. The average Bonchev–Trinajstić information content (AvgIpc) is 3.08. The summed E-state index contributed by atoms with van der Waals surface area (Å²) in [5.41, 5.74) is 11.4. The Morgan fingerprint density at radius 3 is 2.84 bits per heavy atom. The first-order valence-electron chi connectivity index (χ1n) is 8.04. The molecule has 4 rings (SSSR count). The van der Waals surface area contributed by atoms with Crippen LogP contribution in [0.15, 0.2) is 36.4 Å². The standard InChI is InChI=1S/C19H16FN5/c20-18-14(9-21)7-13(8-16(18)22)11-2-1-3-12(6-11)19-15-10-23-5-4-17(15)24-25-19/h1-3,6-8,23H,4-5,10,22H2,(H,24,25). The normalized spacial score (nSPS) is 13.3. The van der Waals surface area contributed by atoms with E-state index < -0.39 is 5.82 Å². The van der Waals surface area contributed by atoms with Gasteiger partial charge in [-0.1, -0.05) is 18.2 Å². The minimum absolute atomic E-state index is 0.0270. The van der Waals surface area contributed by atoms with Crippen molar-refractivity contribution in [2.24, 2.45) is 0 Å². The van der Waals surface area contributed by atoms with Crippen molar-refractivity contribution in [2.75, 3.05) is 12.3 Å². The van der Waals surface area contributed by atoms with Gasteiger partial charge in [0.25, 0.3) is 0 Å². The molecule has 0 saturated heterocycles. The molecule has 0 aliphatic carbocycles. The third-order valence-corrected chi connectivity index (χ3v) is 4.50. The Morgan fingerprint density at radius 1 is 1.16 bits per heavy atom. The Kier molecular flexibility index (Phi) is 3.71. The summed E-state index contributed by atoms with van der Waals surface area (Å²) in [4.78, 5) is 0. The highest BCUT2D eigenvalue weighted by atomic mass is 19.1. The van der Waals surface area contributed by atoms with E-state index in [-0.39, 0.29) is 11.3 Å². The van der Waals surface area contributed by atoms with Gasteiger partial charge in [-0.2, -0.15) is 10.4 Å². The molecule has 6 heteroatoms. The van der Waals surface area contributed by atoms with Crippen molar-refractivity contribution in [2.45, 2.75) is 13.0 Å². The molecule has 2 heterocycles. The Bertz CT molecular complexity index is 1000. The van der Waals surface area contributed by atoms with Crippen molar-refractivity contribution in [3.8, 4) is 28.5 Å². The van der Waals surface area contributed by atoms with E-state index in [1.54, 1.807) is 6.07 Å². The van der Waals surface area contributed by atoms with Crippen LogP contribution < -0.4 is 11.1 Å². The van der Waals surface area contributed by atoms with E-state index in [0.29, 0.717) is 5.56 Å². The molecule has 25 heavy (non-hydrogen) atoms. The predicted molar refractivity (Wildman–Crippen MR) is 94.0 cm³/mol. The molecule has 1 aliphatic heterocycles. The minimum atomic E-state index is -0.671. The van der Waals surface area contributed by atoms with E-state index in [4.69, 9.17) is 11.0 Å². The van der Waals surface area contributed by atoms with E-state index in [2.05, 4.69) is 15.5 Å². The number of H-pyrrole nitrogens is 1. The molecule has 3 aromatic rings. The van der Waals surface area contributed by atoms with Gasteiger partial charge in [-0.3, -0.25) is 5.10 Å². The topological polar surface area (TPSA) is 90.5 Å². The predicted octanol–water partition coefficient (Wildman–Crippen LogP) is 2.98. The molecule has 124 valence electrons. The van der Waals surface area contributed by atoms with Crippen molar-refractivity contribution < 1.29 is 4.39 Å². The van der Waals surface area contributed by atoms with E-state index in [0.717, 1.165) is 42.0 Å². The molecule has 0 fully saturated rings. The van der Waals surface area contributed by atoms with Crippen LogP contribution in [0.2, 0.25) is 0 Å². The van der Waals surface area contributed by atoms with Crippen LogP contribution in [-0.2, 0) is 13.0 Å². The van der Waals surface area contributed by atoms with Crippen LogP contribution in [0.3, 0.4) is 0 Å². The number of nitrogen functional groups attached to an aromatic ring is 1. The number of nitrogens with zero attached hydrogens (tertiary/aromatic N) is 2. The van der Waals surface area contributed by atoms with Crippen LogP contribution in [0.4, 0.5) is 10.1 Å². The number of anilines is 1. The maximum Gasteiger partial charge on any atom is 0.163 e. The summed E-state index contributed by atoms with van der Waals surface area (Å²) in [6, 6.07) is 12.7. The van der Waals surface area contributed by atoms with Crippen molar-refractivity contribution in [1.82, 2.24) is 15.5 Å². The van der Waals surface area contributed by atoms with Gasteiger partial charge in [-0.05, 0) is 29.3 Å². The van der Waals surface area contributed by atoms with Crippen LogP contribution in [0.25, 0.3) is 22.4 Å². The summed E-state index contributed by atoms with van der Waals surface area (Å²) in [5.74, 6) is -0.671. The second-order valence-electron chi connectivity index (χ2n) is 6.08. The van der Waals surface area contributed by atoms with E-state index in [1.807, 2.05) is 30.3 Å². The third kappa shape index (κ3) is 2.65. The Labute approximate surface area is 144 Å². The van der Waals surface area contributed by atoms with Crippen LogP contribution in [0.5, 0.6) is 0 Å². The lowest BCUT2D eigenvalue weighted by Crippen LogP contribution is -2.23. The highest BCUT2D eigenvalue weighted by Crippen LogP contribution is 2.31. The van der Waals surface area contributed by atoms with Gasteiger partial charge in [-0.25, -0.2) is 4.39 Å². The van der Waals surface area contributed by atoms with Gasteiger partial charge in [0.1, 0.15) is 6.07 Å². The lowest BCUT2D eigenvalue weighted by Gasteiger charge is -2.13. The van der Waals surface area contributed by atoms with Gasteiger partial charge in [0.05, 0.1) is 16.9 Å². The van der Waals surface area contributed by atoms with Crippen LogP contribution in [-0.4, -0.2) is 16.7 Å². The summed E-state index contributed by atoms with van der Waals surface area (Å²) in [6.07, 6.45) is 0.933. The number of aromatic nitrogens is 2. The zero-order valence-electron chi connectivity index (χ0n) is 13.4. The number of rotatable bonds is 2. The highest BCUT2D eigenvalue weighted by molar-refractivity contribution is 5.76. The molecule has 2 aromatic carbocycles. The van der Waals surface area contributed by atoms with E-state index in [9.17, 15) is 4.39 Å². The zero-order valence-corrected chi connectivity index (χ0v) is 13.4. The summed E-state index contributed by atoms with van der Waals surface area (Å²) in [5, 5.41) is 20.0. The molecule has 1 aromatic heterocycles. The lowest BCUT2D eigenvalue weighted by molar-refractivity contribution is 0.629. The molecular weight excluding hydrogens is 317 g/mol. The number of nitriles is 1. The van der Waals surface area contributed by atoms with Gasteiger partial charge in [0, 0.05) is 36.3 Å². The fourth-order valence-electron chi connectivity index (χ4n) is 3.21. The largest absolute Gasteiger partial charge is 0.396 e. The SMILES string of the molecule is N#Cc1cc(-c2cccc(-c3n[nH]c4c3CNCC4)c2)cc(N)c1F. The Balaban J connectivity index is 1.80. The van der Waals surface area contributed by atoms with Gasteiger partial charge < -0.3 is 11.1 Å². The summed E-state index contributed by atoms with van der Waals surface area (Å²) < 4.78 is 13.8. The molecule has 0 amide bonds. The van der Waals surface area contributed by atoms with Crippen molar-refractivity contribution in [3.05, 3.63) is 59.0 Å². The summed E-state index contributed by atoms with van der Waals surface area (Å²) in [6.45, 7) is 1.73. The minimum Gasteiger partial charge on any atom is -0.396 e. The molecule has 0 radical (unpaired) electrons. The van der Waals surface area contributed by atoms with E-state index in [1.165, 1.54) is 11.6 Å². The number of halogens is 1. The molecular formula is C19H16FN5. The number of fused-ring (bicyclic) bond motifs is 1. The van der Waals surface area contributed by atoms with Crippen LogP contribution in [0.1, 0.15) is 16.8 Å². The number of nitrogens with one attached hydrogen (secondary N) is 2. The average molecular weight is 333 g/mol. The molecule has 4 N–H and O–H groups in total.